The highest BCUT2D eigenvalue weighted by molar-refractivity contribution is 9.10. The highest BCUT2D eigenvalue weighted by Gasteiger charge is 2.18. The van der Waals surface area contributed by atoms with E-state index in [4.69, 9.17) is 0 Å². The SMILES string of the molecule is CCN(CC)C(=O)CN(C)C(=O)Cn1nnc(-c2ccccc2Br)n1. The standard InChI is InChI=1S/C16H21BrN6O2/c1-4-22(5-2)15(25)10-21(3)14(24)11-23-19-16(18-20-23)12-8-6-7-9-13(12)17/h6-9H,4-5,10-11H2,1-3H3. The fraction of sp³-hybridized carbons (Fsp3) is 0.438. The molecule has 0 saturated carbocycles. The topological polar surface area (TPSA) is 84.2 Å². The summed E-state index contributed by atoms with van der Waals surface area (Å²) in [5.74, 6) is 0.0973. The lowest BCUT2D eigenvalue weighted by atomic mass is 10.2. The molecular formula is C16H21BrN6O2. The minimum Gasteiger partial charge on any atom is -0.342 e. The number of tetrazole rings is 1. The van der Waals surface area contributed by atoms with Gasteiger partial charge in [0.05, 0.1) is 6.54 Å². The van der Waals surface area contributed by atoms with E-state index >= 15 is 0 Å². The maximum absolute atomic E-state index is 12.3. The molecule has 1 aromatic carbocycles. The molecule has 2 rings (SSSR count). The molecule has 0 saturated heterocycles. The molecule has 0 aliphatic carbocycles. The summed E-state index contributed by atoms with van der Waals surface area (Å²) in [7, 11) is 1.59. The van der Waals surface area contributed by atoms with Gasteiger partial charge in [-0.05, 0) is 31.2 Å². The lowest BCUT2D eigenvalue weighted by Crippen LogP contribution is -2.42. The summed E-state index contributed by atoms with van der Waals surface area (Å²) in [6.45, 7) is 5.03. The molecule has 0 aliphatic rings. The van der Waals surface area contributed by atoms with E-state index in [0.29, 0.717) is 18.9 Å². The molecule has 8 nitrogen and oxygen atoms in total. The van der Waals surface area contributed by atoms with E-state index < -0.39 is 0 Å². The van der Waals surface area contributed by atoms with Gasteiger partial charge in [-0.25, -0.2) is 0 Å². The molecule has 0 N–H and O–H groups in total. The number of aromatic nitrogens is 4. The van der Waals surface area contributed by atoms with Crippen molar-refractivity contribution in [1.82, 2.24) is 30.0 Å². The normalized spacial score (nSPS) is 10.6. The quantitative estimate of drug-likeness (QED) is 0.691. The Labute approximate surface area is 154 Å². The van der Waals surface area contributed by atoms with Crippen LogP contribution in [0.4, 0.5) is 0 Å². The van der Waals surface area contributed by atoms with Crippen molar-refractivity contribution in [3.63, 3.8) is 0 Å². The Morgan fingerprint density at radius 2 is 1.84 bits per heavy atom. The second-order valence-corrected chi connectivity index (χ2v) is 6.29. The zero-order chi connectivity index (χ0) is 18.4. The van der Waals surface area contributed by atoms with Gasteiger partial charge in [-0.1, -0.05) is 28.1 Å². The maximum atomic E-state index is 12.3. The van der Waals surface area contributed by atoms with Crippen LogP contribution in [0.3, 0.4) is 0 Å². The first-order valence-electron chi connectivity index (χ1n) is 8.00. The molecule has 25 heavy (non-hydrogen) atoms. The number of nitrogens with zero attached hydrogens (tertiary/aromatic N) is 6. The summed E-state index contributed by atoms with van der Waals surface area (Å²) < 4.78 is 0.850. The van der Waals surface area contributed by atoms with Crippen molar-refractivity contribution in [2.45, 2.75) is 20.4 Å². The van der Waals surface area contributed by atoms with Gasteiger partial charge in [0.2, 0.25) is 17.6 Å². The van der Waals surface area contributed by atoms with E-state index in [1.54, 1.807) is 11.9 Å². The van der Waals surface area contributed by atoms with Gasteiger partial charge >= 0.3 is 0 Å². The number of hydrogen-bond donors (Lipinski definition) is 0. The third-order valence-corrected chi connectivity index (χ3v) is 4.45. The Kier molecular flexibility index (Phi) is 6.63. The molecule has 0 aliphatic heterocycles. The first kappa shape index (κ1) is 19.0. The summed E-state index contributed by atoms with van der Waals surface area (Å²) in [6.07, 6.45) is 0. The average Bonchev–Trinajstić information content (AvgIpc) is 3.04. The largest absolute Gasteiger partial charge is 0.342 e. The van der Waals surface area contributed by atoms with Gasteiger partial charge in [0, 0.05) is 30.2 Å². The fourth-order valence-electron chi connectivity index (χ4n) is 2.27. The molecule has 0 unspecified atom stereocenters. The summed E-state index contributed by atoms with van der Waals surface area (Å²) in [4.78, 5) is 28.6. The van der Waals surface area contributed by atoms with Gasteiger partial charge in [-0.15, -0.1) is 10.2 Å². The van der Waals surface area contributed by atoms with Gasteiger partial charge in [0.15, 0.2) is 0 Å². The van der Waals surface area contributed by atoms with Crippen molar-refractivity contribution < 1.29 is 9.59 Å². The molecule has 0 spiro atoms. The van der Waals surface area contributed by atoms with Crippen molar-refractivity contribution in [3.8, 4) is 11.4 Å². The molecule has 2 aromatic rings. The van der Waals surface area contributed by atoms with E-state index in [9.17, 15) is 9.59 Å². The van der Waals surface area contributed by atoms with Crippen LogP contribution in [0.15, 0.2) is 28.7 Å². The third-order valence-electron chi connectivity index (χ3n) is 3.76. The number of hydrogen-bond acceptors (Lipinski definition) is 5. The molecule has 1 aromatic heterocycles. The van der Waals surface area contributed by atoms with Crippen LogP contribution in [-0.4, -0.2) is 68.5 Å². The van der Waals surface area contributed by atoms with Crippen LogP contribution < -0.4 is 0 Å². The zero-order valence-electron chi connectivity index (χ0n) is 14.5. The van der Waals surface area contributed by atoms with E-state index in [0.717, 1.165) is 10.0 Å². The van der Waals surface area contributed by atoms with Crippen molar-refractivity contribution >= 4 is 27.7 Å². The number of benzene rings is 1. The van der Waals surface area contributed by atoms with Crippen molar-refractivity contribution in [2.75, 3.05) is 26.7 Å². The van der Waals surface area contributed by atoms with Crippen LogP contribution in [0.2, 0.25) is 0 Å². The first-order chi connectivity index (χ1) is 12.0. The second-order valence-electron chi connectivity index (χ2n) is 5.44. The monoisotopic (exact) mass is 408 g/mol. The Hall–Kier alpha value is -2.29. The molecular weight excluding hydrogens is 388 g/mol. The highest BCUT2D eigenvalue weighted by Crippen LogP contribution is 2.24. The fourth-order valence-corrected chi connectivity index (χ4v) is 2.73. The van der Waals surface area contributed by atoms with Gasteiger partial charge in [0.1, 0.15) is 6.54 Å². The molecule has 0 bridgehead atoms. The number of amides is 2. The predicted molar refractivity (Wildman–Crippen MR) is 96.5 cm³/mol. The van der Waals surface area contributed by atoms with Crippen LogP contribution >= 0.6 is 15.9 Å². The van der Waals surface area contributed by atoms with Gasteiger partial charge in [-0.3, -0.25) is 9.59 Å². The van der Waals surface area contributed by atoms with Crippen molar-refractivity contribution in [2.24, 2.45) is 0 Å². The lowest BCUT2D eigenvalue weighted by Gasteiger charge is -2.22. The summed E-state index contributed by atoms with van der Waals surface area (Å²) in [5, 5.41) is 12.1. The minimum absolute atomic E-state index is 0.0340. The Balaban J connectivity index is 1.99. The van der Waals surface area contributed by atoms with E-state index in [2.05, 4.69) is 31.3 Å². The van der Waals surface area contributed by atoms with Crippen molar-refractivity contribution in [3.05, 3.63) is 28.7 Å². The summed E-state index contributed by atoms with van der Waals surface area (Å²) >= 11 is 3.44. The molecule has 0 atom stereocenters. The molecule has 0 fully saturated rings. The maximum Gasteiger partial charge on any atom is 0.246 e. The van der Waals surface area contributed by atoms with E-state index in [-0.39, 0.29) is 24.9 Å². The number of halogens is 1. The smallest absolute Gasteiger partial charge is 0.246 e. The molecule has 9 heteroatoms. The minimum atomic E-state index is -0.253. The number of carbonyl (C=O) groups is 2. The molecule has 1 heterocycles. The number of carbonyl (C=O) groups excluding carboxylic acids is 2. The van der Waals surface area contributed by atoms with E-state index in [1.165, 1.54) is 9.70 Å². The molecule has 0 radical (unpaired) electrons. The van der Waals surface area contributed by atoms with Crippen LogP contribution in [-0.2, 0) is 16.1 Å². The number of rotatable bonds is 7. The predicted octanol–water partition coefficient (Wildman–Crippen LogP) is 1.43. The first-order valence-corrected chi connectivity index (χ1v) is 8.80. The van der Waals surface area contributed by atoms with Crippen LogP contribution in [0.1, 0.15) is 13.8 Å². The van der Waals surface area contributed by atoms with Crippen LogP contribution in [0.25, 0.3) is 11.4 Å². The lowest BCUT2D eigenvalue weighted by molar-refractivity contribution is -0.139. The van der Waals surface area contributed by atoms with Crippen LogP contribution in [0, 0.1) is 0 Å². The zero-order valence-corrected chi connectivity index (χ0v) is 16.1. The summed E-state index contributed by atoms with van der Waals surface area (Å²) in [6, 6.07) is 7.51. The van der Waals surface area contributed by atoms with Gasteiger partial charge < -0.3 is 9.80 Å². The Morgan fingerprint density at radius 1 is 1.16 bits per heavy atom. The third kappa shape index (κ3) is 4.85. The van der Waals surface area contributed by atoms with Crippen molar-refractivity contribution in [1.29, 1.82) is 0 Å². The van der Waals surface area contributed by atoms with Crippen LogP contribution in [0.5, 0.6) is 0 Å². The number of likely N-dealkylation sites (N-methyl/N-ethyl adjacent to an activating group) is 2. The highest BCUT2D eigenvalue weighted by atomic mass is 79.9. The van der Waals surface area contributed by atoms with E-state index in [1.807, 2.05) is 38.1 Å². The summed E-state index contributed by atoms with van der Waals surface area (Å²) in [5.41, 5.74) is 0.797. The molecule has 134 valence electrons. The van der Waals surface area contributed by atoms with Gasteiger partial charge in [-0.2, -0.15) is 4.80 Å². The Morgan fingerprint density at radius 3 is 2.48 bits per heavy atom. The van der Waals surface area contributed by atoms with Gasteiger partial charge in [0.25, 0.3) is 0 Å². The Bertz CT molecular complexity index is 744. The second kappa shape index (κ2) is 8.70. The average molecular weight is 409 g/mol. The molecule has 2 amide bonds.